The molecule has 0 radical (unpaired) electrons. The van der Waals surface area contributed by atoms with Gasteiger partial charge in [0, 0.05) is 44.5 Å². The van der Waals surface area contributed by atoms with Gasteiger partial charge in [0.25, 0.3) is 5.91 Å². The molecule has 0 fully saturated rings. The molecule has 0 atom stereocenters. The van der Waals surface area contributed by atoms with Crippen molar-refractivity contribution in [3.63, 3.8) is 0 Å². The number of hydrogen-bond acceptors (Lipinski definition) is 6. The van der Waals surface area contributed by atoms with Crippen LogP contribution < -0.4 is 14.5 Å². The van der Waals surface area contributed by atoms with Crippen LogP contribution in [0, 0.1) is 0 Å². The number of benzene rings is 2. The Kier molecular flexibility index (Phi) is 7.84. The first-order valence-corrected chi connectivity index (χ1v) is 9.89. The molecule has 156 valence electrons. The number of anilines is 2. The minimum Gasteiger partial charge on any atom is -0.497 e. The van der Waals surface area contributed by atoms with Gasteiger partial charge < -0.3 is 14.5 Å². The third-order valence-electron chi connectivity index (χ3n) is 4.46. The highest BCUT2D eigenvalue weighted by Crippen LogP contribution is 2.32. The first-order chi connectivity index (χ1) is 13.4. The van der Waals surface area contributed by atoms with Crippen molar-refractivity contribution in [2.75, 3.05) is 58.2 Å². The second-order valence-electron chi connectivity index (χ2n) is 7.03. The normalized spacial score (nSPS) is 10.7. The molecule has 0 saturated carbocycles. The molecule has 1 heterocycles. The zero-order valence-electron chi connectivity index (χ0n) is 17.4. The number of carbonyl (C=O) groups is 1. The summed E-state index contributed by atoms with van der Waals surface area (Å²) in [7, 11) is 9.60. The number of aromatic nitrogens is 1. The predicted molar refractivity (Wildman–Crippen MR) is 124 cm³/mol. The van der Waals surface area contributed by atoms with Crippen LogP contribution in [0.4, 0.5) is 10.8 Å². The van der Waals surface area contributed by atoms with Crippen molar-refractivity contribution >= 4 is 50.7 Å². The number of thiazole rings is 1. The fourth-order valence-electron chi connectivity index (χ4n) is 2.78. The molecule has 0 saturated heterocycles. The SMILES string of the molecule is COc1ccc2sc(N(CCN(C)C)C(=O)c3ccc(N(C)C)cc3)nc2c1.Cl. The quantitative estimate of drug-likeness (QED) is 0.562. The summed E-state index contributed by atoms with van der Waals surface area (Å²) in [5.74, 6) is 0.716. The highest BCUT2D eigenvalue weighted by atomic mass is 35.5. The summed E-state index contributed by atoms with van der Waals surface area (Å²) >= 11 is 1.52. The largest absolute Gasteiger partial charge is 0.497 e. The summed E-state index contributed by atoms with van der Waals surface area (Å²) < 4.78 is 6.32. The number of rotatable bonds is 7. The van der Waals surface area contributed by atoms with E-state index in [1.807, 2.05) is 75.6 Å². The summed E-state index contributed by atoms with van der Waals surface area (Å²) in [4.78, 5) is 23.8. The van der Waals surface area contributed by atoms with Crippen LogP contribution >= 0.6 is 23.7 Å². The van der Waals surface area contributed by atoms with Crippen molar-refractivity contribution in [3.8, 4) is 5.75 Å². The molecule has 0 unspecified atom stereocenters. The molecule has 6 nitrogen and oxygen atoms in total. The predicted octanol–water partition coefficient (Wildman–Crippen LogP) is 4.00. The zero-order chi connectivity index (χ0) is 20.3. The van der Waals surface area contributed by atoms with E-state index in [-0.39, 0.29) is 18.3 Å². The molecule has 3 rings (SSSR count). The Balaban J connectivity index is 0.00000300. The fraction of sp³-hybridized carbons (Fsp3) is 0.333. The summed E-state index contributed by atoms with van der Waals surface area (Å²) in [6, 6.07) is 13.5. The van der Waals surface area contributed by atoms with Crippen molar-refractivity contribution in [2.45, 2.75) is 0 Å². The summed E-state index contributed by atoms with van der Waals surface area (Å²) in [6.45, 7) is 1.32. The lowest BCUT2D eigenvalue weighted by atomic mass is 10.1. The van der Waals surface area contributed by atoms with Gasteiger partial charge in [-0.2, -0.15) is 0 Å². The van der Waals surface area contributed by atoms with E-state index >= 15 is 0 Å². The number of methoxy groups -OCH3 is 1. The molecule has 1 amide bonds. The van der Waals surface area contributed by atoms with Crippen molar-refractivity contribution in [1.82, 2.24) is 9.88 Å². The lowest BCUT2D eigenvalue weighted by Crippen LogP contribution is -2.36. The second-order valence-corrected chi connectivity index (χ2v) is 8.04. The number of ether oxygens (including phenoxy) is 1. The maximum absolute atomic E-state index is 13.3. The summed E-state index contributed by atoms with van der Waals surface area (Å²) in [6.07, 6.45) is 0. The molecule has 8 heteroatoms. The van der Waals surface area contributed by atoms with Crippen LogP contribution in [0.2, 0.25) is 0 Å². The van der Waals surface area contributed by atoms with E-state index in [9.17, 15) is 4.79 Å². The van der Waals surface area contributed by atoms with Gasteiger partial charge in [-0.1, -0.05) is 11.3 Å². The van der Waals surface area contributed by atoms with Gasteiger partial charge in [0.2, 0.25) is 0 Å². The number of halogens is 1. The minimum atomic E-state index is -0.0434. The number of amides is 1. The van der Waals surface area contributed by atoms with Gasteiger partial charge >= 0.3 is 0 Å². The van der Waals surface area contributed by atoms with Gasteiger partial charge in [0.05, 0.1) is 17.3 Å². The van der Waals surface area contributed by atoms with E-state index in [1.54, 1.807) is 12.0 Å². The van der Waals surface area contributed by atoms with E-state index in [0.717, 1.165) is 28.2 Å². The van der Waals surface area contributed by atoms with Gasteiger partial charge in [0.15, 0.2) is 5.13 Å². The van der Waals surface area contributed by atoms with E-state index in [0.29, 0.717) is 17.2 Å². The molecule has 0 aliphatic heterocycles. The highest BCUT2D eigenvalue weighted by Gasteiger charge is 2.21. The average molecular weight is 435 g/mol. The topological polar surface area (TPSA) is 48.9 Å². The van der Waals surface area contributed by atoms with Gasteiger partial charge in [-0.05, 0) is 50.5 Å². The number of carbonyl (C=O) groups excluding carboxylic acids is 1. The Bertz CT molecular complexity index is 957. The van der Waals surface area contributed by atoms with Gasteiger partial charge in [-0.25, -0.2) is 4.98 Å². The first-order valence-electron chi connectivity index (χ1n) is 9.07. The van der Waals surface area contributed by atoms with Gasteiger partial charge in [0.1, 0.15) is 5.75 Å². The Labute approximate surface area is 182 Å². The number of likely N-dealkylation sites (N-methyl/N-ethyl adjacent to an activating group) is 1. The molecule has 2 aromatic carbocycles. The molecule has 0 N–H and O–H groups in total. The first kappa shape index (κ1) is 22.9. The van der Waals surface area contributed by atoms with Crippen LogP contribution in [0.25, 0.3) is 10.2 Å². The van der Waals surface area contributed by atoms with Crippen molar-refractivity contribution in [1.29, 1.82) is 0 Å². The molecule has 0 bridgehead atoms. The van der Waals surface area contributed by atoms with Crippen molar-refractivity contribution in [2.24, 2.45) is 0 Å². The standard InChI is InChI=1S/C21H26N4O2S.ClH/c1-23(2)12-13-25(20(26)15-6-8-16(9-7-15)24(3)4)21-22-18-14-17(27-5)10-11-19(18)28-21;/h6-11,14H,12-13H2,1-5H3;1H. The summed E-state index contributed by atoms with van der Waals surface area (Å²) in [5.41, 5.74) is 2.55. The molecule has 29 heavy (non-hydrogen) atoms. The Hall–Kier alpha value is -2.35. The highest BCUT2D eigenvalue weighted by molar-refractivity contribution is 7.22. The molecule has 3 aromatic rings. The van der Waals surface area contributed by atoms with Crippen LogP contribution in [0.5, 0.6) is 5.75 Å². The lowest BCUT2D eigenvalue weighted by molar-refractivity contribution is 0.0985. The molecule has 1 aromatic heterocycles. The van der Waals surface area contributed by atoms with Crippen LogP contribution in [-0.2, 0) is 0 Å². The van der Waals surface area contributed by atoms with Crippen LogP contribution in [0.3, 0.4) is 0 Å². The molecule has 0 aliphatic carbocycles. The molecular formula is C21H27ClN4O2S. The smallest absolute Gasteiger partial charge is 0.260 e. The molecule has 0 aliphatic rings. The monoisotopic (exact) mass is 434 g/mol. The summed E-state index contributed by atoms with van der Waals surface area (Å²) in [5, 5.41) is 0.701. The Morgan fingerprint density at radius 2 is 1.72 bits per heavy atom. The lowest BCUT2D eigenvalue weighted by Gasteiger charge is -2.22. The molecular weight excluding hydrogens is 408 g/mol. The number of hydrogen-bond donors (Lipinski definition) is 0. The third kappa shape index (κ3) is 5.38. The maximum Gasteiger partial charge on any atom is 0.260 e. The number of fused-ring (bicyclic) bond motifs is 1. The van der Waals surface area contributed by atoms with Crippen molar-refractivity contribution in [3.05, 3.63) is 48.0 Å². The van der Waals surface area contributed by atoms with Crippen LogP contribution in [0.1, 0.15) is 10.4 Å². The van der Waals surface area contributed by atoms with E-state index in [4.69, 9.17) is 9.72 Å². The van der Waals surface area contributed by atoms with Gasteiger partial charge in [-0.3, -0.25) is 9.69 Å². The third-order valence-corrected chi connectivity index (χ3v) is 5.52. The average Bonchev–Trinajstić information content (AvgIpc) is 3.10. The van der Waals surface area contributed by atoms with E-state index < -0.39 is 0 Å². The maximum atomic E-state index is 13.3. The fourth-order valence-corrected chi connectivity index (χ4v) is 3.75. The van der Waals surface area contributed by atoms with Gasteiger partial charge in [-0.15, -0.1) is 12.4 Å². The van der Waals surface area contributed by atoms with E-state index in [2.05, 4.69) is 4.90 Å². The Morgan fingerprint density at radius 3 is 2.31 bits per heavy atom. The van der Waals surface area contributed by atoms with Crippen LogP contribution in [0.15, 0.2) is 42.5 Å². The minimum absolute atomic E-state index is 0. The zero-order valence-corrected chi connectivity index (χ0v) is 19.0. The number of nitrogens with zero attached hydrogens (tertiary/aromatic N) is 4. The second kappa shape index (κ2) is 9.91. The van der Waals surface area contributed by atoms with Crippen LogP contribution in [-0.4, -0.2) is 64.2 Å². The van der Waals surface area contributed by atoms with Crippen molar-refractivity contribution < 1.29 is 9.53 Å². The van der Waals surface area contributed by atoms with E-state index in [1.165, 1.54) is 11.3 Å². The molecule has 0 spiro atoms. The Morgan fingerprint density at radius 1 is 1.03 bits per heavy atom.